The van der Waals surface area contributed by atoms with Crippen molar-refractivity contribution in [3.8, 4) is 0 Å². The van der Waals surface area contributed by atoms with Gasteiger partial charge in [0.2, 0.25) is 0 Å². The molecule has 0 aromatic carbocycles. The summed E-state index contributed by atoms with van der Waals surface area (Å²) in [4.78, 5) is 2.21. The van der Waals surface area contributed by atoms with E-state index in [1.807, 2.05) is 0 Å². The number of piperidine rings is 1. The molecule has 9 heavy (non-hydrogen) atoms. The second-order valence-electron chi connectivity index (χ2n) is 2.74. The zero-order valence-corrected chi connectivity index (χ0v) is 6.28. The third-order valence-electron chi connectivity index (χ3n) is 1.78. The van der Waals surface area contributed by atoms with Crippen molar-refractivity contribution in [1.82, 2.24) is 10.2 Å². The van der Waals surface area contributed by atoms with Crippen LogP contribution in [0.25, 0.3) is 0 Å². The lowest BCUT2D eigenvalue weighted by molar-refractivity contribution is 0.342. The molecule has 2 nitrogen and oxygen atoms in total. The normalized spacial score (nSPS) is 23.0. The highest BCUT2D eigenvalue weighted by atomic mass is 15.1. The highest BCUT2D eigenvalue weighted by Gasteiger charge is 2.14. The van der Waals surface area contributed by atoms with E-state index in [4.69, 9.17) is 0 Å². The largest absolute Gasteiger partial charge is 0.315 e. The van der Waals surface area contributed by atoms with Crippen molar-refractivity contribution in [2.75, 3.05) is 27.2 Å². The quantitative estimate of drug-likeness (QED) is 0.550. The Morgan fingerprint density at radius 1 is 1.44 bits per heavy atom. The van der Waals surface area contributed by atoms with Gasteiger partial charge in [-0.25, -0.2) is 0 Å². The van der Waals surface area contributed by atoms with Crippen LogP contribution in [-0.4, -0.2) is 32.1 Å². The first-order valence-corrected chi connectivity index (χ1v) is 3.53. The summed E-state index contributed by atoms with van der Waals surface area (Å²) < 4.78 is 0. The maximum Gasteiger partial charge on any atom is 0.0525 e. The van der Waals surface area contributed by atoms with E-state index >= 15 is 0 Å². The lowest BCUT2D eigenvalue weighted by Crippen LogP contribution is -2.35. The minimum Gasteiger partial charge on any atom is -0.315 e. The van der Waals surface area contributed by atoms with E-state index < -0.39 is 0 Å². The predicted molar refractivity (Wildman–Crippen MR) is 39.0 cm³/mol. The van der Waals surface area contributed by atoms with Gasteiger partial charge in [0.05, 0.1) is 6.04 Å². The Morgan fingerprint density at radius 2 is 2.22 bits per heavy atom. The van der Waals surface area contributed by atoms with Gasteiger partial charge in [-0.2, -0.15) is 0 Å². The molecule has 1 saturated heterocycles. The Labute approximate surface area is 57.2 Å². The van der Waals surface area contributed by atoms with Gasteiger partial charge in [-0.05, 0) is 33.5 Å². The van der Waals surface area contributed by atoms with E-state index in [0.717, 1.165) is 6.54 Å². The van der Waals surface area contributed by atoms with Gasteiger partial charge in [0.1, 0.15) is 0 Å². The van der Waals surface area contributed by atoms with Crippen LogP contribution in [0.2, 0.25) is 0 Å². The SMILES string of the molecule is CN(C)[C]1CCCNC1. The van der Waals surface area contributed by atoms with E-state index in [2.05, 4.69) is 24.3 Å². The Kier molecular flexibility index (Phi) is 2.49. The molecule has 0 saturated carbocycles. The summed E-state index contributed by atoms with van der Waals surface area (Å²) in [7, 11) is 4.23. The number of nitrogens with zero attached hydrogens (tertiary/aromatic N) is 1. The molecular weight excluding hydrogens is 112 g/mol. The van der Waals surface area contributed by atoms with Crippen LogP contribution in [0.15, 0.2) is 0 Å². The van der Waals surface area contributed by atoms with Crippen molar-refractivity contribution < 1.29 is 0 Å². The Morgan fingerprint density at radius 3 is 2.56 bits per heavy atom. The minimum atomic E-state index is 1.09. The first kappa shape index (κ1) is 7.03. The van der Waals surface area contributed by atoms with Crippen LogP contribution in [0.1, 0.15) is 12.8 Å². The lowest BCUT2D eigenvalue weighted by atomic mass is 10.1. The summed E-state index contributed by atoms with van der Waals surface area (Å²) >= 11 is 0. The zero-order chi connectivity index (χ0) is 6.69. The highest BCUT2D eigenvalue weighted by molar-refractivity contribution is 4.91. The number of hydrogen-bond donors (Lipinski definition) is 1. The van der Waals surface area contributed by atoms with Gasteiger partial charge in [0.25, 0.3) is 0 Å². The average Bonchev–Trinajstić information content (AvgIpc) is 1.90. The van der Waals surface area contributed by atoms with Gasteiger partial charge in [-0.15, -0.1) is 0 Å². The number of likely N-dealkylation sites (N-methyl/N-ethyl adjacent to an activating group) is 1. The van der Waals surface area contributed by atoms with Crippen LogP contribution >= 0.6 is 0 Å². The molecule has 0 unspecified atom stereocenters. The van der Waals surface area contributed by atoms with Gasteiger partial charge in [-0.3, -0.25) is 0 Å². The minimum absolute atomic E-state index is 1.09. The summed E-state index contributed by atoms with van der Waals surface area (Å²) in [6, 6.07) is 1.53. The molecule has 1 fully saturated rings. The van der Waals surface area contributed by atoms with Gasteiger partial charge in [0, 0.05) is 6.54 Å². The van der Waals surface area contributed by atoms with Crippen LogP contribution < -0.4 is 5.32 Å². The second-order valence-corrected chi connectivity index (χ2v) is 2.74. The fourth-order valence-corrected chi connectivity index (χ4v) is 1.12. The molecule has 1 aliphatic heterocycles. The summed E-state index contributed by atoms with van der Waals surface area (Å²) in [5, 5.41) is 3.34. The van der Waals surface area contributed by atoms with Crippen LogP contribution in [0.5, 0.6) is 0 Å². The van der Waals surface area contributed by atoms with Crippen molar-refractivity contribution in [3.63, 3.8) is 0 Å². The molecule has 53 valence electrons. The van der Waals surface area contributed by atoms with Gasteiger partial charge in [-0.1, -0.05) is 0 Å². The molecule has 0 aliphatic carbocycles. The maximum absolute atomic E-state index is 3.34. The van der Waals surface area contributed by atoms with Crippen LogP contribution in [-0.2, 0) is 0 Å². The average molecular weight is 127 g/mol. The lowest BCUT2D eigenvalue weighted by Gasteiger charge is -2.27. The van der Waals surface area contributed by atoms with Crippen LogP contribution in [0, 0.1) is 6.04 Å². The van der Waals surface area contributed by atoms with E-state index in [-0.39, 0.29) is 0 Å². The molecule has 0 aromatic heterocycles. The number of nitrogens with one attached hydrogen (secondary N) is 1. The molecule has 0 amide bonds. The smallest absolute Gasteiger partial charge is 0.0525 e. The predicted octanol–water partition coefficient (Wildman–Crippen LogP) is 0.463. The van der Waals surface area contributed by atoms with Crippen molar-refractivity contribution in [2.24, 2.45) is 0 Å². The number of rotatable bonds is 1. The Balaban J connectivity index is 2.23. The summed E-state index contributed by atoms with van der Waals surface area (Å²) in [5.74, 6) is 0. The van der Waals surface area contributed by atoms with Crippen molar-refractivity contribution in [1.29, 1.82) is 0 Å². The third kappa shape index (κ3) is 1.95. The van der Waals surface area contributed by atoms with E-state index in [0.29, 0.717) is 0 Å². The molecule has 0 aromatic rings. The summed E-state index contributed by atoms with van der Waals surface area (Å²) in [6.45, 7) is 2.28. The summed E-state index contributed by atoms with van der Waals surface area (Å²) in [6.07, 6.45) is 2.58. The first-order valence-electron chi connectivity index (χ1n) is 3.53. The van der Waals surface area contributed by atoms with Gasteiger partial charge in [0.15, 0.2) is 0 Å². The monoisotopic (exact) mass is 127 g/mol. The Hall–Kier alpha value is -0.0800. The third-order valence-corrected chi connectivity index (χ3v) is 1.78. The first-order chi connectivity index (χ1) is 4.30. The molecule has 1 aliphatic rings. The molecule has 0 bridgehead atoms. The van der Waals surface area contributed by atoms with Crippen molar-refractivity contribution in [3.05, 3.63) is 6.04 Å². The van der Waals surface area contributed by atoms with Gasteiger partial charge < -0.3 is 10.2 Å². The molecule has 2 heteroatoms. The van der Waals surface area contributed by atoms with Gasteiger partial charge >= 0.3 is 0 Å². The van der Waals surface area contributed by atoms with E-state index in [1.165, 1.54) is 25.4 Å². The standard InChI is InChI=1S/C7H15N2/c1-9(2)7-4-3-5-8-6-7/h8H,3-6H2,1-2H3. The molecule has 1 N–H and O–H groups in total. The van der Waals surface area contributed by atoms with E-state index in [1.54, 1.807) is 0 Å². The molecule has 0 spiro atoms. The molecule has 1 rings (SSSR count). The fraction of sp³-hybridized carbons (Fsp3) is 0.857. The fourth-order valence-electron chi connectivity index (χ4n) is 1.12. The molecular formula is C7H15N2. The summed E-state index contributed by atoms with van der Waals surface area (Å²) in [5.41, 5.74) is 0. The van der Waals surface area contributed by atoms with Crippen LogP contribution in [0.4, 0.5) is 0 Å². The van der Waals surface area contributed by atoms with Crippen LogP contribution in [0.3, 0.4) is 0 Å². The molecule has 1 radical (unpaired) electrons. The molecule has 0 atom stereocenters. The zero-order valence-electron chi connectivity index (χ0n) is 6.28. The maximum atomic E-state index is 3.34. The van der Waals surface area contributed by atoms with E-state index in [9.17, 15) is 0 Å². The van der Waals surface area contributed by atoms with Crippen molar-refractivity contribution in [2.45, 2.75) is 12.8 Å². The van der Waals surface area contributed by atoms with Crippen molar-refractivity contribution >= 4 is 0 Å². The number of hydrogen-bond acceptors (Lipinski definition) is 2. The molecule has 1 heterocycles. The highest BCUT2D eigenvalue weighted by Crippen LogP contribution is 2.13. The Bertz CT molecular complexity index is 75.0. The second kappa shape index (κ2) is 3.18. The topological polar surface area (TPSA) is 15.3 Å².